The second-order valence-corrected chi connectivity index (χ2v) is 8.40. The second kappa shape index (κ2) is 9.42. The molecule has 1 aromatic heterocycles. The molecule has 0 radical (unpaired) electrons. The third kappa shape index (κ3) is 4.50. The summed E-state index contributed by atoms with van der Waals surface area (Å²) in [4.78, 5) is 32.0. The first-order valence-electron chi connectivity index (χ1n) is 11.3. The van der Waals surface area contributed by atoms with Crippen molar-refractivity contribution in [1.29, 1.82) is 0 Å². The van der Waals surface area contributed by atoms with Crippen molar-refractivity contribution in [2.45, 2.75) is 13.3 Å². The van der Waals surface area contributed by atoms with Crippen LogP contribution in [0.15, 0.2) is 77.3 Å². The smallest absolute Gasteiger partial charge is 0.260 e. The third-order valence-electron chi connectivity index (χ3n) is 5.99. The minimum Gasteiger partial charge on any atom is -0.495 e. The summed E-state index contributed by atoms with van der Waals surface area (Å²) in [5, 5.41) is 7.06. The number of rotatable bonds is 6. The van der Waals surface area contributed by atoms with Gasteiger partial charge in [0, 0.05) is 18.5 Å². The monoisotopic (exact) mass is 468 g/mol. The highest BCUT2D eigenvalue weighted by Crippen LogP contribution is 2.34. The number of amides is 2. The van der Waals surface area contributed by atoms with E-state index in [1.54, 1.807) is 24.1 Å². The lowest BCUT2D eigenvalue weighted by atomic mass is 10.1. The van der Waals surface area contributed by atoms with E-state index in [0.717, 1.165) is 11.1 Å². The molecule has 4 aromatic rings. The Hall–Kier alpha value is -4.46. The average molecular weight is 469 g/mol. The minimum atomic E-state index is -0.508. The van der Waals surface area contributed by atoms with E-state index < -0.39 is 5.92 Å². The summed E-state index contributed by atoms with van der Waals surface area (Å²) in [6.45, 7) is 2.27. The number of carbonyl (C=O) groups is 2. The van der Waals surface area contributed by atoms with Crippen LogP contribution in [-0.4, -0.2) is 35.6 Å². The molecule has 1 fully saturated rings. The molecule has 5 rings (SSSR count). The molecule has 1 aliphatic rings. The van der Waals surface area contributed by atoms with Crippen LogP contribution in [0, 0.1) is 12.8 Å². The lowest BCUT2D eigenvalue weighted by Gasteiger charge is -2.19. The SMILES string of the molecule is COc1ccccc1N1C[C@H](C(=O)Nc2ccccc2-c2nc(-c3cccc(C)c3)no2)CC1=O. The Bertz CT molecular complexity index is 1400. The number of nitrogens with zero attached hydrogens (tertiary/aromatic N) is 3. The standard InChI is InChI=1S/C27H24N4O4/c1-17-8-7-9-18(14-17)25-29-27(35-30-25)20-10-3-4-11-21(20)28-26(33)19-15-24(32)31(16-19)22-12-5-6-13-23(22)34-2/h3-14,19H,15-16H2,1-2H3,(H,28,33)/t19-/m1/s1. The van der Waals surface area contributed by atoms with Crippen LogP contribution in [0.25, 0.3) is 22.8 Å². The first kappa shape index (κ1) is 22.3. The Kier molecular flexibility index (Phi) is 6.01. The fraction of sp³-hybridized carbons (Fsp3) is 0.185. The van der Waals surface area contributed by atoms with Crippen LogP contribution in [0.3, 0.4) is 0 Å². The van der Waals surface area contributed by atoms with E-state index in [4.69, 9.17) is 9.26 Å². The minimum absolute atomic E-state index is 0.115. The van der Waals surface area contributed by atoms with Crippen LogP contribution in [0.4, 0.5) is 11.4 Å². The van der Waals surface area contributed by atoms with Gasteiger partial charge < -0.3 is 19.5 Å². The Morgan fingerprint density at radius 1 is 1.09 bits per heavy atom. The summed E-state index contributed by atoms with van der Waals surface area (Å²) < 4.78 is 10.9. The lowest BCUT2D eigenvalue weighted by molar-refractivity contribution is -0.122. The number of hydrogen-bond acceptors (Lipinski definition) is 6. The van der Waals surface area contributed by atoms with Gasteiger partial charge in [-0.3, -0.25) is 9.59 Å². The van der Waals surface area contributed by atoms with Gasteiger partial charge in [0.15, 0.2) is 0 Å². The molecule has 0 aliphatic carbocycles. The van der Waals surface area contributed by atoms with Gasteiger partial charge in [-0.15, -0.1) is 0 Å². The van der Waals surface area contributed by atoms with Crippen LogP contribution in [0.1, 0.15) is 12.0 Å². The van der Waals surface area contributed by atoms with E-state index in [-0.39, 0.29) is 24.8 Å². The molecule has 176 valence electrons. The molecule has 3 aromatic carbocycles. The molecular formula is C27H24N4O4. The number of carbonyl (C=O) groups excluding carboxylic acids is 2. The molecule has 1 N–H and O–H groups in total. The molecule has 0 spiro atoms. The predicted molar refractivity (Wildman–Crippen MR) is 132 cm³/mol. The molecule has 2 amide bonds. The Balaban J connectivity index is 1.35. The van der Waals surface area contributed by atoms with Crippen LogP contribution in [0.5, 0.6) is 5.75 Å². The predicted octanol–water partition coefficient (Wildman–Crippen LogP) is 4.71. The fourth-order valence-electron chi connectivity index (χ4n) is 4.22. The number of ether oxygens (including phenoxy) is 1. The molecule has 1 saturated heterocycles. The van der Waals surface area contributed by atoms with Crippen molar-refractivity contribution in [2.24, 2.45) is 5.92 Å². The number of anilines is 2. The molecule has 8 heteroatoms. The second-order valence-electron chi connectivity index (χ2n) is 8.40. The molecule has 0 unspecified atom stereocenters. The maximum Gasteiger partial charge on any atom is 0.260 e. The normalized spacial score (nSPS) is 15.3. The molecular weight excluding hydrogens is 444 g/mol. The summed E-state index contributed by atoms with van der Waals surface area (Å²) in [5.41, 5.74) is 3.75. The number of nitrogens with one attached hydrogen (secondary N) is 1. The van der Waals surface area contributed by atoms with E-state index in [0.29, 0.717) is 34.4 Å². The van der Waals surface area contributed by atoms with Crippen LogP contribution in [-0.2, 0) is 9.59 Å². The Morgan fingerprint density at radius 3 is 2.71 bits per heavy atom. The summed E-state index contributed by atoms with van der Waals surface area (Å²) in [6.07, 6.45) is 0.115. The van der Waals surface area contributed by atoms with Gasteiger partial charge in [0.2, 0.25) is 17.6 Å². The van der Waals surface area contributed by atoms with Gasteiger partial charge in [-0.05, 0) is 37.3 Å². The number of aromatic nitrogens is 2. The summed E-state index contributed by atoms with van der Waals surface area (Å²) in [7, 11) is 1.56. The van der Waals surface area contributed by atoms with Crippen molar-refractivity contribution in [3.8, 4) is 28.6 Å². The van der Waals surface area contributed by atoms with Crippen LogP contribution < -0.4 is 15.0 Å². The van der Waals surface area contributed by atoms with Gasteiger partial charge in [0.05, 0.1) is 30.0 Å². The molecule has 1 aliphatic heterocycles. The summed E-state index contributed by atoms with van der Waals surface area (Å²) >= 11 is 0. The fourth-order valence-corrected chi connectivity index (χ4v) is 4.22. The number of para-hydroxylation sites is 3. The largest absolute Gasteiger partial charge is 0.495 e. The van der Waals surface area contributed by atoms with Gasteiger partial charge in [0.1, 0.15) is 5.75 Å². The first-order chi connectivity index (χ1) is 17.0. The van der Waals surface area contributed by atoms with Crippen LogP contribution in [0.2, 0.25) is 0 Å². The maximum atomic E-state index is 13.2. The average Bonchev–Trinajstić information content (AvgIpc) is 3.52. The van der Waals surface area contributed by atoms with Gasteiger partial charge in [-0.25, -0.2) is 0 Å². The highest BCUT2D eigenvalue weighted by molar-refractivity contribution is 6.05. The van der Waals surface area contributed by atoms with E-state index in [2.05, 4.69) is 15.5 Å². The summed E-state index contributed by atoms with van der Waals surface area (Å²) in [5.74, 6) is 0.484. The topological polar surface area (TPSA) is 97.6 Å². The van der Waals surface area contributed by atoms with Crippen molar-refractivity contribution in [1.82, 2.24) is 10.1 Å². The molecule has 35 heavy (non-hydrogen) atoms. The third-order valence-corrected chi connectivity index (χ3v) is 5.99. The highest BCUT2D eigenvalue weighted by Gasteiger charge is 2.36. The van der Waals surface area contributed by atoms with E-state index >= 15 is 0 Å². The zero-order valence-corrected chi connectivity index (χ0v) is 19.4. The van der Waals surface area contributed by atoms with Crippen molar-refractivity contribution in [3.63, 3.8) is 0 Å². The Morgan fingerprint density at radius 2 is 1.89 bits per heavy atom. The number of methoxy groups -OCH3 is 1. The quantitative estimate of drug-likeness (QED) is 0.440. The van der Waals surface area contributed by atoms with Crippen molar-refractivity contribution < 1.29 is 18.8 Å². The highest BCUT2D eigenvalue weighted by atomic mass is 16.5. The molecule has 8 nitrogen and oxygen atoms in total. The van der Waals surface area contributed by atoms with Crippen molar-refractivity contribution >= 4 is 23.2 Å². The lowest BCUT2D eigenvalue weighted by Crippen LogP contribution is -2.28. The van der Waals surface area contributed by atoms with Gasteiger partial charge in [0.25, 0.3) is 5.89 Å². The number of hydrogen-bond donors (Lipinski definition) is 1. The first-order valence-corrected chi connectivity index (χ1v) is 11.3. The number of aryl methyl sites for hydroxylation is 1. The van der Waals surface area contributed by atoms with Gasteiger partial charge in [-0.1, -0.05) is 53.2 Å². The van der Waals surface area contributed by atoms with Crippen molar-refractivity contribution in [2.75, 3.05) is 23.9 Å². The molecule has 2 heterocycles. The molecule has 0 bridgehead atoms. The number of benzene rings is 3. The van der Waals surface area contributed by atoms with E-state index in [1.165, 1.54) is 0 Å². The van der Waals surface area contributed by atoms with E-state index in [9.17, 15) is 9.59 Å². The molecule has 0 saturated carbocycles. The van der Waals surface area contributed by atoms with Crippen LogP contribution >= 0.6 is 0 Å². The van der Waals surface area contributed by atoms with Gasteiger partial charge in [-0.2, -0.15) is 4.98 Å². The molecule has 1 atom stereocenters. The van der Waals surface area contributed by atoms with Gasteiger partial charge >= 0.3 is 0 Å². The zero-order chi connectivity index (χ0) is 24.4. The zero-order valence-electron chi connectivity index (χ0n) is 19.4. The maximum absolute atomic E-state index is 13.2. The summed E-state index contributed by atoms with van der Waals surface area (Å²) in [6, 6.07) is 22.4. The van der Waals surface area contributed by atoms with E-state index in [1.807, 2.05) is 67.6 Å². The van der Waals surface area contributed by atoms with Crippen molar-refractivity contribution in [3.05, 3.63) is 78.4 Å². The Labute approximate surface area is 202 Å².